The van der Waals surface area contributed by atoms with Crippen LogP contribution in [0.3, 0.4) is 0 Å². The summed E-state index contributed by atoms with van der Waals surface area (Å²) in [6.45, 7) is 7.82. The molecule has 0 aromatic carbocycles. The topological polar surface area (TPSA) is 64.7 Å². The first-order chi connectivity index (χ1) is 9.06. The van der Waals surface area contributed by atoms with Crippen molar-refractivity contribution in [1.29, 1.82) is 0 Å². The third-order valence-electron chi connectivity index (χ3n) is 3.44. The van der Waals surface area contributed by atoms with Crippen LogP contribution >= 0.6 is 0 Å². The molecule has 1 rings (SSSR count). The normalized spacial score (nSPS) is 18.2. The fourth-order valence-electron chi connectivity index (χ4n) is 2.04. The number of nitrogens with zero attached hydrogens (tertiary/aromatic N) is 2. The van der Waals surface area contributed by atoms with E-state index < -0.39 is 0 Å². The minimum atomic E-state index is 0.0735. The molecule has 19 heavy (non-hydrogen) atoms. The van der Waals surface area contributed by atoms with Gasteiger partial charge in [-0.05, 0) is 20.4 Å². The second kappa shape index (κ2) is 8.12. The number of carbonyl (C=O) groups excluding carboxylic acids is 2. The van der Waals surface area contributed by atoms with Crippen LogP contribution in [-0.4, -0.2) is 74.0 Å². The van der Waals surface area contributed by atoms with Gasteiger partial charge in [0.25, 0.3) is 0 Å². The van der Waals surface area contributed by atoms with E-state index in [2.05, 4.69) is 22.5 Å². The first kappa shape index (κ1) is 15.9. The average molecular weight is 270 g/mol. The number of amides is 2. The first-order valence-electron chi connectivity index (χ1n) is 7.01. The van der Waals surface area contributed by atoms with Crippen molar-refractivity contribution in [3.63, 3.8) is 0 Å². The average Bonchev–Trinajstić information content (AvgIpc) is 2.39. The molecule has 1 aliphatic rings. The van der Waals surface area contributed by atoms with Crippen LogP contribution in [0, 0.1) is 0 Å². The van der Waals surface area contributed by atoms with Crippen molar-refractivity contribution in [2.45, 2.75) is 26.3 Å². The lowest BCUT2D eigenvalue weighted by molar-refractivity contribution is -0.132. The highest BCUT2D eigenvalue weighted by Gasteiger charge is 2.21. The van der Waals surface area contributed by atoms with Crippen LogP contribution in [-0.2, 0) is 9.59 Å². The monoisotopic (exact) mass is 270 g/mol. The van der Waals surface area contributed by atoms with E-state index in [4.69, 9.17) is 0 Å². The summed E-state index contributed by atoms with van der Waals surface area (Å²) in [4.78, 5) is 27.4. The van der Waals surface area contributed by atoms with Gasteiger partial charge in [0.05, 0.1) is 13.1 Å². The molecular formula is C13H26N4O2. The maximum atomic E-state index is 11.8. The predicted molar refractivity (Wildman–Crippen MR) is 74.8 cm³/mol. The van der Waals surface area contributed by atoms with Crippen LogP contribution < -0.4 is 10.6 Å². The molecule has 2 amide bonds. The van der Waals surface area contributed by atoms with Crippen molar-refractivity contribution < 1.29 is 9.59 Å². The number of hydrogen-bond donors (Lipinski definition) is 2. The molecular weight excluding hydrogens is 244 g/mol. The van der Waals surface area contributed by atoms with Gasteiger partial charge < -0.3 is 15.5 Å². The zero-order chi connectivity index (χ0) is 14.3. The summed E-state index contributed by atoms with van der Waals surface area (Å²) in [6.07, 6.45) is 0.942. The summed E-state index contributed by atoms with van der Waals surface area (Å²) in [5, 5.41) is 5.83. The molecule has 1 unspecified atom stereocenters. The van der Waals surface area contributed by atoms with Crippen molar-refractivity contribution >= 4 is 11.8 Å². The molecule has 0 aliphatic carbocycles. The zero-order valence-electron chi connectivity index (χ0n) is 12.2. The van der Waals surface area contributed by atoms with E-state index in [-0.39, 0.29) is 17.9 Å². The molecule has 6 nitrogen and oxygen atoms in total. The molecule has 0 aromatic heterocycles. The summed E-state index contributed by atoms with van der Waals surface area (Å²) in [7, 11) is 1.77. The Labute approximate surface area is 115 Å². The van der Waals surface area contributed by atoms with Gasteiger partial charge >= 0.3 is 0 Å². The minimum Gasteiger partial charge on any atom is -0.353 e. The quantitative estimate of drug-likeness (QED) is 0.667. The third-order valence-corrected chi connectivity index (χ3v) is 3.44. The van der Waals surface area contributed by atoms with Crippen LogP contribution in [0.2, 0.25) is 0 Å². The second-order valence-electron chi connectivity index (χ2n) is 5.06. The molecule has 0 aromatic rings. The van der Waals surface area contributed by atoms with Crippen molar-refractivity contribution in [3.8, 4) is 0 Å². The minimum absolute atomic E-state index is 0.0735. The van der Waals surface area contributed by atoms with Gasteiger partial charge in [0, 0.05) is 32.2 Å². The Hall–Kier alpha value is -1.14. The Morgan fingerprint density at radius 1 is 1.21 bits per heavy atom. The van der Waals surface area contributed by atoms with Crippen molar-refractivity contribution in [3.05, 3.63) is 0 Å². The lowest BCUT2D eigenvalue weighted by atomic mass is 10.2. The summed E-state index contributed by atoms with van der Waals surface area (Å²) >= 11 is 0. The van der Waals surface area contributed by atoms with E-state index >= 15 is 0 Å². The lowest BCUT2D eigenvalue weighted by Crippen LogP contribution is -2.52. The molecule has 1 saturated heterocycles. The molecule has 1 fully saturated rings. The Morgan fingerprint density at radius 3 is 2.37 bits per heavy atom. The molecule has 0 bridgehead atoms. The Balaban J connectivity index is 2.26. The number of rotatable bonds is 6. The van der Waals surface area contributed by atoms with Crippen LogP contribution in [0.4, 0.5) is 0 Å². The summed E-state index contributed by atoms with van der Waals surface area (Å²) in [5.74, 6) is 0.204. The second-order valence-corrected chi connectivity index (χ2v) is 5.06. The molecule has 2 N–H and O–H groups in total. The highest BCUT2D eigenvalue weighted by Crippen LogP contribution is 2.01. The highest BCUT2D eigenvalue weighted by molar-refractivity contribution is 5.79. The van der Waals surface area contributed by atoms with Gasteiger partial charge in [-0.2, -0.15) is 0 Å². The number of piperazine rings is 1. The molecule has 1 aliphatic heterocycles. The highest BCUT2D eigenvalue weighted by atomic mass is 16.2. The number of carbonyl (C=O) groups is 2. The smallest absolute Gasteiger partial charge is 0.236 e. The maximum Gasteiger partial charge on any atom is 0.236 e. The molecule has 1 heterocycles. The SMILES string of the molecule is CCC(C)NC(=O)CN1CCN(C(=O)CNC)CC1. The summed E-state index contributed by atoms with van der Waals surface area (Å²) < 4.78 is 0. The van der Waals surface area contributed by atoms with Crippen LogP contribution in [0.5, 0.6) is 0 Å². The van der Waals surface area contributed by atoms with Gasteiger partial charge in [-0.1, -0.05) is 6.92 Å². The number of likely N-dealkylation sites (N-methyl/N-ethyl adjacent to an activating group) is 1. The molecule has 0 radical (unpaired) electrons. The van der Waals surface area contributed by atoms with Crippen molar-refractivity contribution in [2.75, 3.05) is 46.3 Å². The summed E-state index contributed by atoms with van der Waals surface area (Å²) in [5.41, 5.74) is 0. The van der Waals surface area contributed by atoms with E-state index in [0.717, 1.165) is 19.5 Å². The van der Waals surface area contributed by atoms with E-state index in [9.17, 15) is 9.59 Å². The van der Waals surface area contributed by atoms with Crippen molar-refractivity contribution in [1.82, 2.24) is 20.4 Å². The Kier molecular flexibility index (Phi) is 6.80. The van der Waals surface area contributed by atoms with Crippen LogP contribution in [0.25, 0.3) is 0 Å². The van der Waals surface area contributed by atoms with E-state index in [1.165, 1.54) is 0 Å². The van der Waals surface area contributed by atoms with E-state index in [1.54, 1.807) is 7.05 Å². The zero-order valence-corrected chi connectivity index (χ0v) is 12.2. The standard InChI is InChI=1S/C13H26N4O2/c1-4-11(2)15-12(18)10-16-5-7-17(8-6-16)13(19)9-14-3/h11,14H,4-10H2,1-3H3,(H,15,18). The van der Waals surface area contributed by atoms with E-state index in [0.29, 0.717) is 26.2 Å². The molecule has 6 heteroatoms. The fraction of sp³-hybridized carbons (Fsp3) is 0.846. The largest absolute Gasteiger partial charge is 0.353 e. The Morgan fingerprint density at radius 2 is 1.84 bits per heavy atom. The molecule has 1 atom stereocenters. The Bertz CT molecular complexity index is 301. The third kappa shape index (κ3) is 5.57. The van der Waals surface area contributed by atoms with Gasteiger partial charge in [0.15, 0.2) is 0 Å². The lowest BCUT2D eigenvalue weighted by Gasteiger charge is -2.34. The summed E-state index contributed by atoms with van der Waals surface area (Å²) in [6, 6.07) is 0.228. The predicted octanol–water partition coefficient (Wildman–Crippen LogP) is -0.735. The van der Waals surface area contributed by atoms with Gasteiger partial charge in [-0.15, -0.1) is 0 Å². The van der Waals surface area contributed by atoms with Gasteiger partial charge in [0.1, 0.15) is 0 Å². The van der Waals surface area contributed by atoms with Crippen molar-refractivity contribution in [2.24, 2.45) is 0 Å². The number of nitrogens with one attached hydrogen (secondary N) is 2. The maximum absolute atomic E-state index is 11.8. The molecule has 110 valence electrons. The first-order valence-corrected chi connectivity index (χ1v) is 7.01. The van der Waals surface area contributed by atoms with Gasteiger partial charge in [-0.25, -0.2) is 0 Å². The van der Waals surface area contributed by atoms with E-state index in [1.807, 2.05) is 11.8 Å². The fourth-order valence-corrected chi connectivity index (χ4v) is 2.04. The van der Waals surface area contributed by atoms with Crippen LogP contribution in [0.1, 0.15) is 20.3 Å². The number of hydrogen-bond acceptors (Lipinski definition) is 4. The molecule has 0 spiro atoms. The van der Waals surface area contributed by atoms with Crippen LogP contribution in [0.15, 0.2) is 0 Å². The molecule has 0 saturated carbocycles. The van der Waals surface area contributed by atoms with Gasteiger partial charge in [0.2, 0.25) is 11.8 Å². The van der Waals surface area contributed by atoms with Gasteiger partial charge in [-0.3, -0.25) is 14.5 Å².